The molecule has 0 N–H and O–H groups in total. The SMILES string of the molecule is COc1ccc(C(OC[C@@H](CN2CCN(C)CC2)Oc2ccc(Br)cc2Cl)(c2ccccc2)c2ccc(OC)cc2)cc1. The number of methoxy groups -OCH3 is 2. The number of rotatable bonds is 12. The van der Waals surface area contributed by atoms with Gasteiger partial charge in [0, 0.05) is 37.2 Å². The highest BCUT2D eigenvalue weighted by Crippen LogP contribution is 2.42. The predicted molar refractivity (Wildman–Crippen MR) is 176 cm³/mol. The molecule has 0 saturated carbocycles. The highest BCUT2D eigenvalue weighted by atomic mass is 79.9. The van der Waals surface area contributed by atoms with Crippen LogP contribution in [0, 0.1) is 0 Å². The van der Waals surface area contributed by atoms with Gasteiger partial charge in [-0.15, -0.1) is 0 Å². The van der Waals surface area contributed by atoms with E-state index in [2.05, 4.69) is 69.2 Å². The molecule has 0 unspecified atom stereocenters. The lowest BCUT2D eigenvalue weighted by Crippen LogP contribution is -2.49. The topological polar surface area (TPSA) is 43.4 Å². The highest BCUT2D eigenvalue weighted by Gasteiger charge is 2.39. The normalized spacial score (nSPS) is 15.2. The number of hydrogen-bond acceptors (Lipinski definition) is 6. The van der Waals surface area contributed by atoms with E-state index in [1.807, 2.05) is 60.7 Å². The maximum Gasteiger partial charge on any atom is 0.143 e. The van der Waals surface area contributed by atoms with Crippen molar-refractivity contribution in [2.24, 2.45) is 0 Å². The van der Waals surface area contributed by atoms with E-state index in [1.165, 1.54) is 0 Å². The summed E-state index contributed by atoms with van der Waals surface area (Å²) in [4.78, 5) is 4.79. The second-order valence-electron chi connectivity index (χ2n) is 10.7. The van der Waals surface area contributed by atoms with E-state index >= 15 is 0 Å². The van der Waals surface area contributed by atoms with Crippen molar-refractivity contribution in [3.63, 3.8) is 0 Å². The monoisotopic (exact) mass is 664 g/mol. The predicted octanol–water partition coefficient (Wildman–Crippen LogP) is 7.12. The van der Waals surface area contributed by atoms with Crippen LogP contribution in [0.3, 0.4) is 0 Å². The van der Waals surface area contributed by atoms with Crippen molar-refractivity contribution in [3.05, 3.63) is 123 Å². The third-order valence-corrected chi connectivity index (χ3v) is 8.69. The summed E-state index contributed by atoms with van der Waals surface area (Å²) in [7, 11) is 5.51. The van der Waals surface area contributed by atoms with E-state index in [0.29, 0.717) is 23.9 Å². The number of nitrogens with zero attached hydrogens (tertiary/aromatic N) is 2. The molecule has 0 aromatic heterocycles. The van der Waals surface area contributed by atoms with Gasteiger partial charge in [0.15, 0.2) is 0 Å². The van der Waals surface area contributed by atoms with Crippen molar-refractivity contribution < 1.29 is 18.9 Å². The van der Waals surface area contributed by atoms with Crippen LogP contribution in [0.15, 0.2) is 102 Å². The van der Waals surface area contributed by atoms with Gasteiger partial charge in [-0.2, -0.15) is 0 Å². The van der Waals surface area contributed by atoms with E-state index in [4.69, 9.17) is 30.5 Å². The molecule has 0 bridgehead atoms. The summed E-state index contributed by atoms with van der Waals surface area (Å²) >= 11 is 10.1. The molecule has 4 aromatic carbocycles. The Morgan fingerprint density at radius 2 is 1.33 bits per heavy atom. The first-order valence-corrected chi connectivity index (χ1v) is 15.6. The quantitative estimate of drug-likeness (QED) is 0.150. The van der Waals surface area contributed by atoms with Crippen molar-refractivity contribution in [2.45, 2.75) is 11.7 Å². The number of halogens is 2. The van der Waals surface area contributed by atoms with Gasteiger partial charge in [0.1, 0.15) is 29.0 Å². The summed E-state index contributed by atoms with van der Waals surface area (Å²) in [5, 5.41) is 0.553. The lowest BCUT2D eigenvalue weighted by Gasteiger charge is -2.39. The maximum atomic E-state index is 7.20. The molecule has 4 aromatic rings. The van der Waals surface area contributed by atoms with Gasteiger partial charge < -0.3 is 23.8 Å². The Morgan fingerprint density at radius 1 is 0.767 bits per heavy atom. The molecule has 0 aliphatic carbocycles. The summed E-state index contributed by atoms with van der Waals surface area (Å²) < 4.78 is 25.7. The van der Waals surface area contributed by atoms with Gasteiger partial charge in [0.05, 0.1) is 25.8 Å². The summed E-state index contributed by atoms with van der Waals surface area (Å²) in [6, 6.07) is 32.2. The first-order chi connectivity index (χ1) is 20.9. The lowest BCUT2D eigenvalue weighted by atomic mass is 9.80. The van der Waals surface area contributed by atoms with Crippen molar-refractivity contribution in [1.82, 2.24) is 9.80 Å². The molecule has 1 atom stereocenters. The van der Waals surface area contributed by atoms with Gasteiger partial charge in [-0.25, -0.2) is 0 Å². The Hall–Kier alpha value is -3.07. The second kappa shape index (κ2) is 14.6. The largest absolute Gasteiger partial charge is 0.497 e. The number of hydrogen-bond donors (Lipinski definition) is 0. The van der Waals surface area contributed by atoms with Crippen LogP contribution in [-0.4, -0.2) is 76.5 Å². The zero-order valence-electron chi connectivity index (χ0n) is 24.8. The Morgan fingerprint density at radius 3 is 1.86 bits per heavy atom. The van der Waals surface area contributed by atoms with Crippen LogP contribution in [-0.2, 0) is 10.3 Å². The van der Waals surface area contributed by atoms with Crippen molar-refractivity contribution in [2.75, 3.05) is 60.6 Å². The number of piperazine rings is 1. The molecule has 1 fully saturated rings. The van der Waals surface area contributed by atoms with Crippen molar-refractivity contribution >= 4 is 27.5 Å². The van der Waals surface area contributed by atoms with Crippen LogP contribution < -0.4 is 14.2 Å². The third kappa shape index (κ3) is 7.54. The minimum Gasteiger partial charge on any atom is -0.497 e. The maximum absolute atomic E-state index is 7.20. The van der Waals surface area contributed by atoms with E-state index in [9.17, 15) is 0 Å². The lowest BCUT2D eigenvalue weighted by molar-refractivity contribution is -0.0410. The van der Waals surface area contributed by atoms with Crippen LogP contribution in [0.4, 0.5) is 0 Å². The fourth-order valence-corrected chi connectivity index (χ4v) is 6.20. The molecule has 0 amide bonds. The van der Waals surface area contributed by atoms with Crippen molar-refractivity contribution in [1.29, 1.82) is 0 Å². The van der Waals surface area contributed by atoms with Gasteiger partial charge in [-0.1, -0.05) is 82.1 Å². The highest BCUT2D eigenvalue weighted by molar-refractivity contribution is 9.10. The van der Waals surface area contributed by atoms with Gasteiger partial charge in [-0.05, 0) is 66.2 Å². The number of likely N-dealkylation sites (N-methyl/N-ethyl adjacent to an activating group) is 1. The fourth-order valence-electron chi connectivity index (χ4n) is 5.49. The molecular formula is C35H38BrClN2O4. The fraction of sp³-hybridized carbons (Fsp3) is 0.314. The smallest absolute Gasteiger partial charge is 0.143 e. The number of benzene rings is 4. The molecule has 5 rings (SSSR count). The van der Waals surface area contributed by atoms with Crippen LogP contribution >= 0.6 is 27.5 Å². The summed E-state index contributed by atoms with van der Waals surface area (Å²) in [6.45, 7) is 4.97. The molecule has 1 heterocycles. The molecule has 226 valence electrons. The Balaban J connectivity index is 1.56. The molecule has 1 saturated heterocycles. The molecule has 0 radical (unpaired) electrons. The Labute approximate surface area is 268 Å². The minimum absolute atomic E-state index is 0.290. The standard InChI is InChI=1S/C35H38BrClN2O4/c1-38-19-21-39(22-20-38)24-32(43-34-18-13-29(36)23-33(34)37)25-42-35(26-7-5-4-6-8-26,27-9-14-30(40-2)15-10-27)28-11-16-31(41-3)17-12-28/h4-18,23,32H,19-22,24-25H2,1-3H3/t32-/m1/s1. The van der Waals surface area contributed by atoms with Crippen LogP contribution in [0.1, 0.15) is 16.7 Å². The molecule has 43 heavy (non-hydrogen) atoms. The summed E-state index contributed by atoms with van der Waals surface area (Å²) in [5.41, 5.74) is 2.02. The van der Waals surface area contributed by atoms with Crippen LogP contribution in [0.25, 0.3) is 0 Å². The van der Waals surface area contributed by atoms with Gasteiger partial charge >= 0.3 is 0 Å². The second-order valence-corrected chi connectivity index (χ2v) is 12.1. The molecule has 8 heteroatoms. The molecule has 6 nitrogen and oxygen atoms in total. The van der Waals surface area contributed by atoms with E-state index < -0.39 is 5.60 Å². The molecule has 1 aliphatic rings. The minimum atomic E-state index is -0.937. The Kier molecular flexibility index (Phi) is 10.6. The first-order valence-electron chi connectivity index (χ1n) is 14.4. The molecule has 0 spiro atoms. The van der Waals surface area contributed by atoms with E-state index in [0.717, 1.165) is 58.8 Å². The van der Waals surface area contributed by atoms with Crippen LogP contribution in [0.2, 0.25) is 5.02 Å². The van der Waals surface area contributed by atoms with E-state index in [-0.39, 0.29) is 6.10 Å². The average molecular weight is 666 g/mol. The van der Waals surface area contributed by atoms with Gasteiger partial charge in [0.2, 0.25) is 0 Å². The average Bonchev–Trinajstić information content (AvgIpc) is 3.04. The van der Waals surface area contributed by atoms with Crippen molar-refractivity contribution in [3.8, 4) is 17.2 Å². The summed E-state index contributed by atoms with van der Waals surface area (Å²) in [6.07, 6.45) is -0.290. The molecular weight excluding hydrogens is 628 g/mol. The van der Waals surface area contributed by atoms with Gasteiger partial charge in [-0.3, -0.25) is 4.90 Å². The zero-order valence-corrected chi connectivity index (χ0v) is 27.2. The Bertz CT molecular complexity index is 1400. The van der Waals surface area contributed by atoms with E-state index in [1.54, 1.807) is 14.2 Å². The zero-order chi connectivity index (χ0) is 30.2. The summed E-state index contributed by atoms with van der Waals surface area (Å²) in [5.74, 6) is 2.19. The first kappa shape index (κ1) is 31.4. The third-order valence-electron chi connectivity index (χ3n) is 7.90. The molecule has 1 aliphatic heterocycles. The van der Waals surface area contributed by atoms with Crippen LogP contribution in [0.5, 0.6) is 17.2 Å². The van der Waals surface area contributed by atoms with Gasteiger partial charge in [0.25, 0.3) is 0 Å². The number of ether oxygens (including phenoxy) is 4.